The molecule has 0 unspecified atom stereocenters. The molecule has 82 valence electrons. The molecule has 1 aliphatic rings. The molecule has 0 amide bonds. The molecule has 2 aromatic carbocycles. The van der Waals surface area contributed by atoms with Crippen LogP contribution in [-0.2, 0) is 0 Å². The highest BCUT2D eigenvalue weighted by Gasteiger charge is 2.10. The van der Waals surface area contributed by atoms with Crippen molar-refractivity contribution in [1.82, 2.24) is 0 Å². The van der Waals surface area contributed by atoms with E-state index < -0.39 is 0 Å². The van der Waals surface area contributed by atoms with Gasteiger partial charge in [0.25, 0.3) is 0 Å². The van der Waals surface area contributed by atoms with Crippen LogP contribution in [0.25, 0.3) is 10.8 Å². The normalized spacial score (nSPS) is 14.6. The molecule has 1 aliphatic carbocycles. The minimum absolute atomic E-state index is 0.334. The lowest BCUT2D eigenvalue weighted by Gasteiger charge is -2.10. The zero-order valence-electron chi connectivity index (χ0n) is 9.34. The number of carbonyl (C=O) groups excluding carboxylic acids is 1. The van der Waals surface area contributed by atoms with Gasteiger partial charge in [-0.15, -0.1) is 0 Å². The van der Waals surface area contributed by atoms with Gasteiger partial charge < -0.3 is 0 Å². The van der Waals surface area contributed by atoms with Crippen molar-refractivity contribution in [3.63, 3.8) is 0 Å². The van der Waals surface area contributed by atoms with E-state index >= 15 is 0 Å². The molecule has 3 rings (SSSR count). The Morgan fingerprint density at radius 1 is 1.00 bits per heavy atom. The van der Waals surface area contributed by atoms with Gasteiger partial charge in [0.2, 0.25) is 0 Å². The van der Waals surface area contributed by atoms with Crippen LogP contribution < -0.4 is 0 Å². The SMILES string of the molecule is O=Cc1ccc2cccc(C3C=CC=C3)c2c1. The Labute approximate surface area is 100 Å². The third-order valence-electron chi connectivity index (χ3n) is 3.18. The first-order chi connectivity index (χ1) is 8.38. The lowest BCUT2D eigenvalue weighted by Crippen LogP contribution is -1.91. The van der Waals surface area contributed by atoms with E-state index in [-0.39, 0.29) is 0 Å². The lowest BCUT2D eigenvalue weighted by atomic mass is 9.93. The van der Waals surface area contributed by atoms with E-state index in [1.165, 1.54) is 16.3 Å². The zero-order valence-corrected chi connectivity index (χ0v) is 9.34. The second kappa shape index (κ2) is 4.02. The molecule has 0 N–H and O–H groups in total. The quantitative estimate of drug-likeness (QED) is 0.702. The minimum atomic E-state index is 0.334. The summed E-state index contributed by atoms with van der Waals surface area (Å²) < 4.78 is 0. The third kappa shape index (κ3) is 1.70. The van der Waals surface area contributed by atoms with Crippen LogP contribution in [0.4, 0.5) is 0 Å². The van der Waals surface area contributed by atoms with Gasteiger partial charge in [-0.05, 0) is 22.4 Å². The summed E-state index contributed by atoms with van der Waals surface area (Å²) >= 11 is 0. The average Bonchev–Trinajstić information content (AvgIpc) is 2.91. The van der Waals surface area contributed by atoms with E-state index in [0.717, 1.165) is 11.8 Å². The maximum Gasteiger partial charge on any atom is 0.150 e. The molecule has 0 fully saturated rings. The molecule has 1 nitrogen and oxygen atoms in total. The van der Waals surface area contributed by atoms with Crippen LogP contribution in [0.15, 0.2) is 60.7 Å². The van der Waals surface area contributed by atoms with Crippen molar-refractivity contribution >= 4 is 17.1 Å². The predicted molar refractivity (Wildman–Crippen MR) is 70.4 cm³/mol. The van der Waals surface area contributed by atoms with Crippen LogP contribution in [0, 0.1) is 0 Å². The van der Waals surface area contributed by atoms with Crippen molar-refractivity contribution in [2.24, 2.45) is 0 Å². The van der Waals surface area contributed by atoms with Gasteiger partial charge in [0.1, 0.15) is 6.29 Å². The molecular formula is C16H12O. The molecule has 17 heavy (non-hydrogen) atoms. The highest BCUT2D eigenvalue weighted by molar-refractivity contribution is 5.91. The molecule has 2 aromatic rings. The number of hydrogen-bond donors (Lipinski definition) is 0. The zero-order chi connectivity index (χ0) is 11.7. The number of rotatable bonds is 2. The van der Waals surface area contributed by atoms with Gasteiger partial charge in [-0.2, -0.15) is 0 Å². The topological polar surface area (TPSA) is 17.1 Å². The highest BCUT2D eigenvalue weighted by Crippen LogP contribution is 2.30. The summed E-state index contributed by atoms with van der Waals surface area (Å²) in [6.07, 6.45) is 9.36. The molecule has 0 aliphatic heterocycles. The predicted octanol–water partition coefficient (Wildman–Crippen LogP) is 3.86. The summed E-state index contributed by atoms with van der Waals surface area (Å²) in [5.41, 5.74) is 1.99. The Hall–Kier alpha value is -2.15. The first-order valence-corrected chi connectivity index (χ1v) is 5.71. The van der Waals surface area contributed by atoms with E-state index in [1.807, 2.05) is 18.2 Å². The number of carbonyl (C=O) groups is 1. The summed E-state index contributed by atoms with van der Waals surface area (Å²) in [7, 11) is 0. The Morgan fingerprint density at radius 3 is 2.59 bits per heavy atom. The Kier molecular flexibility index (Phi) is 2.37. The molecule has 0 saturated heterocycles. The second-order valence-corrected chi connectivity index (χ2v) is 4.24. The fourth-order valence-electron chi connectivity index (χ4n) is 2.32. The Morgan fingerprint density at radius 2 is 1.82 bits per heavy atom. The molecule has 1 heteroatoms. The fraction of sp³-hybridized carbons (Fsp3) is 0.0625. The van der Waals surface area contributed by atoms with Gasteiger partial charge >= 0.3 is 0 Å². The van der Waals surface area contributed by atoms with Crippen LogP contribution >= 0.6 is 0 Å². The molecule has 0 saturated carbocycles. The van der Waals surface area contributed by atoms with Crippen LogP contribution in [0.2, 0.25) is 0 Å². The van der Waals surface area contributed by atoms with E-state index in [4.69, 9.17) is 0 Å². The molecular weight excluding hydrogens is 208 g/mol. The van der Waals surface area contributed by atoms with Crippen molar-refractivity contribution in [3.8, 4) is 0 Å². The minimum Gasteiger partial charge on any atom is -0.298 e. The summed E-state index contributed by atoms with van der Waals surface area (Å²) in [5.74, 6) is 0.334. The van der Waals surface area contributed by atoms with Gasteiger partial charge in [-0.3, -0.25) is 4.79 Å². The van der Waals surface area contributed by atoms with Crippen LogP contribution in [-0.4, -0.2) is 6.29 Å². The van der Waals surface area contributed by atoms with E-state index in [9.17, 15) is 4.79 Å². The second-order valence-electron chi connectivity index (χ2n) is 4.24. The molecule has 0 atom stereocenters. The monoisotopic (exact) mass is 220 g/mol. The van der Waals surface area contributed by atoms with Crippen molar-refractivity contribution < 1.29 is 4.79 Å². The molecule has 0 spiro atoms. The number of benzene rings is 2. The number of hydrogen-bond acceptors (Lipinski definition) is 1. The first kappa shape index (κ1) is 10.0. The molecule has 0 heterocycles. The van der Waals surface area contributed by atoms with Gasteiger partial charge in [-0.1, -0.05) is 54.6 Å². The fourth-order valence-corrected chi connectivity index (χ4v) is 2.32. The van der Waals surface area contributed by atoms with Gasteiger partial charge in [0.05, 0.1) is 0 Å². The van der Waals surface area contributed by atoms with Crippen molar-refractivity contribution in [1.29, 1.82) is 0 Å². The number of fused-ring (bicyclic) bond motifs is 1. The Balaban J connectivity index is 2.26. The average molecular weight is 220 g/mol. The van der Waals surface area contributed by atoms with Crippen molar-refractivity contribution in [2.45, 2.75) is 5.92 Å². The van der Waals surface area contributed by atoms with Crippen LogP contribution in [0.5, 0.6) is 0 Å². The smallest absolute Gasteiger partial charge is 0.150 e. The van der Waals surface area contributed by atoms with E-state index in [0.29, 0.717) is 5.92 Å². The largest absolute Gasteiger partial charge is 0.298 e. The van der Waals surface area contributed by atoms with Gasteiger partial charge in [-0.25, -0.2) is 0 Å². The summed E-state index contributed by atoms with van der Waals surface area (Å²) in [5, 5.41) is 2.35. The molecule has 0 aromatic heterocycles. The lowest BCUT2D eigenvalue weighted by molar-refractivity contribution is 0.112. The van der Waals surface area contributed by atoms with Crippen molar-refractivity contribution in [3.05, 3.63) is 71.8 Å². The Bertz CT molecular complexity index is 623. The maximum atomic E-state index is 10.9. The standard InChI is InChI=1S/C16H12O/c17-11-12-8-9-14-6-3-7-15(16(14)10-12)13-4-1-2-5-13/h1-11,13H. The van der Waals surface area contributed by atoms with Crippen LogP contribution in [0.3, 0.4) is 0 Å². The van der Waals surface area contributed by atoms with Crippen molar-refractivity contribution in [2.75, 3.05) is 0 Å². The van der Waals surface area contributed by atoms with Crippen LogP contribution in [0.1, 0.15) is 21.8 Å². The summed E-state index contributed by atoms with van der Waals surface area (Å²) in [6, 6.07) is 12.1. The summed E-state index contributed by atoms with van der Waals surface area (Å²) in [6.45, 7) is 0. The van der Waals surface area contributed by atoms with E-state index in [2.05, 4.69) is 42.5 Å². The number of allylic oxidation sites excluding steroid dienone is 4. The van der Waals surface area contributed by atoms with Gasteiger partial charge in [0.15, 0.2) is 0 Å². The van der Waals surface area contributed by atoms with E-state index in [1.54, 1.807) is 0 Å². The third-order valence-corrected chi connectivity index (χ3v) is 3.18. The van der Waals surface area contributed by atoms with Gasteiger partial charge in [0, 0.05) is 11.5 Å². The maximum absolute atomic E-state index is 10.9. The molecule has 0 bridgehead atoms. The highest BCUT2D eigenvalue weighted by atomic mass is 16.1. The number of aldehydes is 1. The first-order valence-electron chi connectivity index (χ1n) is 5.71. The molecule has 0 radical (unpaired) electrons. The summed E-state index contributed by atoms with van der Waals surface area (Å²) in [4.78, 5) is 10.9.